The molecule has 0 spiro atoms. The quantitative estimate of drug-likeness (QED) is 0.712. The average molecular weight is 280 g/mol. The van der Waals surface area contributed by atoms with E-state index in [0.717, 1.165) is 0 Å². The van der Waals surface area contributed by atoms with Crippen LogP contribution in [0.3, 0.4) is 0 Å². The van der Waals surface area contributed by atoms with Crippen LogP contribution in [0.25, 0.3) is 0 Å². The minimum Gasteiger partial charge on any atom is -0.388 e. The standard InChI is InChI=1S/C13H20N4O3/c1-2-14-12(18)10-3-4-11(17-16-10)15-9-13(19)5-7-20-8-6-13/h3-4,19H,2,5-9H2,1H3,(H,14,18)(H,15,17). The van der Waals surface area contributed by atoms with Gasteiger partial charge in [0.2, 0.25) is 0 Å². The zero-order valence-electron chi connectivity index (χ0n) is 11.6. The van der Waals surface area contributed by atoms with Gasteiger partial charge in [0.05, 0.1) is 5.60 Å². The van der Waals surface area contributed by atoms with Gasteiger partial charge in [-0.1, -0.05) is 0 Å². The molecular weight excluding hydrogens is 260 g/mol. The number of aliphatic hydroxyl groups is 1. The molecule has 1 amide bonds. The number of rotatable bonds is 5. The zero-order valence-corrected chi connectivity index (χ0v) is 11.6. The molecule has 1 aliphatic rings. The number of amides is 1. The lowest BCUT2D eigenvalue weighted by atomic mass is 9.94. The Labute approximate surface area is 117 Å². The van der Waals surface area contributed by atoms with E-state index in [-0.39, 0.29) is 11.6 Å². The summed E-state index contributed by atoms with van der Waals surface area (Å²) in [5.41, 5.74) is -0.486. The van der Waals surface area contributed by atoms with Crippen LogP contribution >= 0.6 is 0 Å². The highest BCUT2D eigenvalue weighted by Gasteiger charge is 2.29. The first-order valence-electron chi connectivity index (χ1n) is 6.79. The first-order chi connectivity index (χ1) is 9.63. The monoisotopic (exact) mass is 280 g/mol. The van der Waals surface area contributed by atoms with Crippen molar-refractivity contribution in [2.45, 2.75) is 25.4 Å². The third kappa shape index (κ3) is 3.88. The molecule has 7 heteroatoms. The van der Waals surface area contributed by atoms with Crippen molar-refractivity contribution in [1.82, 2.24) is 15.5 Å². The molecule has 0 unspecified atom stereocenters. The molecule has 0 saturated carbocycles. The van der Waals surface area contributed by atoms with Gasteiger partial charge in [0.15, 0.2) is 5.69 Å². The summed E-state index contributed by atoms with van der Waals surface area (Å²) in [6.45, 7) is 3.93. The number of carbonyl (C=O) groups is 1. The highest BCUT2D eigenvalue weighted by atomic mass is 16.5. The van der Waals surface area contributed by atoms with Crippen LogP contribution in [0.15, 0.2) is 12.1 Å². The van der Waals surface area contributed by atoms with Gasteiger partial charge in [-0.05, 0) is 19.1 Å². The maximum absolute atomic E-state index is 11.5. The van der Waals surface area contributed by atoms with Crippen LogP contribution in [0.2, 0.25) is 0 Å². The van der Waals surface area contributed by atoms with Crippen LogP contribution < -0.4 is 10.6 Å². The number of aromatic nitrogens is 2. The van der Waals surface area contributed by atoms with Gasteiger partial charge in [-0.25, -0.2) is 0 Å². The first-order valence-corrected chi connectivity index (χ1v) is 6.79. The number of nitrogens with zero attached hydrogens (tertiary/aromatic N) is 2. The Kier molecular flexibility index (Phi) is 4.86. The third-order valence-corrected chi connectivity index (χ3v) is 3.26. The van der Waals surface area contributed by atoms with Crippen LogP contribution in [-0.4, -0.2) is 53.1 Å². The van der Waals surface area contributed by atoms with Crippen molar-refractivity contribution in [2.24, 2.45) is 0 Å². The molecule has 1 aromatic heterocycles. The predicted octanol–water partition coefficient (Wildman–Crippen LogP) is 0.180. The van der Waals surface area contributed by atoms with Crippen LogP contribution in [0, 0.1) is 0 Å². The number of anilines is 1. The zero-order chi connectivity index (χ0) is 14.4. The van der Waals surface area contributed by atoms with E-state index < -0.39 is 5.60 Å². The van der Waals surface area contributed by atoms with Crippen LogP contribution in [0.1, 0.15) is 30.3 Å². The third-order valence-electron chi connectivity index (χ3n) is 3.26. The molecule has 0 atom stereocenters. The maximum Gasteiger partial charge on any atom is 0.271 e. The van der Waals surface area contributed by atoms with Gasteiger partial charge >= 0.3 is 0 Å². The number of nitrogens with one attached hydrogen (secondary N) is 2. The lowest BCUT2D eigenvalue weighted by Crippen LogP contribution is -2.42. The normalized spacial score (nSPS) is 17.5. The molecule has 0 aromatic carbocycles. The lowest BCUT2D eigenvalue weighted by Gasteiger charge is -2.32. The molecule has 1 aliphatic heterocycles. The van der Waals surface area contributed by atoms with Gasteiger partial charge in [0, 0.05) is 39.1 Å². The van der Waals surface area contributed by atoms with E-state index in [1.165, 1.54) is 0 Å². The van der Waals surface area contributed by atoms with Gasteiger partial charge in [0.25, 0.3) is 5.91 Å². The Morgan fingerprint density at radius 2 is 2.15 bits per heavy atom. The predicted molar refractivity (Wildman–Crippen MR) is 73.5 cm³/mol. The first kappa shape index (κ1) is 14.7. The second-order valence-corrected chi connectivity index (χ2v) is 4.85. The van der Waals surface area contributed by atoms with Crippen LogP contribution in [0.4, 0.5) is 5.82 Å². The molecule has 7 nitrogen and oxygen atoms in total. The van der Waals surface area contributed by atoms with Crippen molar-refractivity contribution < 1.29 is 14.6 Å². The van der Waals surface area contributed by atoms with Gasteiger partial charge in [0.1, 0.15) is 5.82 Å². The average Bonchev–Trinajstić information content (AvgIpc) is 2.47. The van der Waals surface area contributed by atoms with E-state index in [1.807, 2.05) is 6.92 Å². The number of carbonyl (C=O) groups excluding carboxylic acids is 1. The number of hydrogen-bond donors (Lipinski definition) is 3. The number of ether oxygens (including phenoxy) is 1. The molecule has 1 aromatic rings. The summed E-state index contributed by atoms with van der Waals surface area (Å²) in [6, 6.07) is 3.29. The topological polar surface area (TPSA) is 96.4 Å². The fraction of sp³-hybridized carbons (Fsp3) is 0.615. The van der Waals surface area contributed by atoms with Crippen molar-refractivity contribution >= 4 is 11.7 Å². The summed E-state index contributed by atoms with van der Waals surface area (Å²) in [5.74, 6) is 0.299. The van der Waals surface area contributed by atoms with Crippen molar-refractivity contribution in [1.29, 1.82) is 0 Å². The van der Waals surface area contributed by atoms with E-state index in [4.69, 9.17) is 4.74 Å². The van der Waals surface area contributed by atoms with Gasteiger partial charge in [-0.2, -0.15) is 0 Å². The Morgan fingerprint density at radius 3 is 2.75 bits per heavy atom. The van der Waals surface area contributed by atoms with Crippen LogP contribution in [-0.2, 0) is 4.74 Å². The summed E-state index contributed by atoms with van der Waals surface area (Å²) < 4.78 is 5.22. The maximum atomic E-state index is 11.5. The summed E-state index contributed by atoms with van der Waals surface area (Å²) >= 11 is 0. The summed E-state index contributed by atoms with van der Waals surface area (Å²) in [7, 11) is 0. The summed E-state index contributed by atoms with van der Waals surface area (Å²) in [6.07, 6.45) is 1.20. The molecule has 1 saturated heterocycles. The lowest BCUT2D eigenvalue weighted by molar-refractivity contribution is -0.0543. The fourth-order valence-corrected chi connectivity index (χ4v) is 1.98. The molecule has 0 aliphatic carbocycles. The molecule has 0 bridgehead atoms. The van der Waals surface area contributed by atoms with E-state index in [9.17, 15) is 9.90 Å². The van der Waals surface area contributed by atoms with Crippen LogP contribution in [0.5, 0.6) is 0 Å². The second-order valence-electron chi connectivity index (χ2n) is 4.85. The van der Waals surface area contributed by atoms with Gasteiger partial charge in [-0.3, -0.25) is 4.79 Å². The smallest absolute Gasteiger partial charge is 0.271 e. The highest BCUT2D eigenvalue weighted by molar-refractivity contribution is 5.92. The van der Waals surface area contributed by atoms with Crippen molar-refractivity contribution in [3.8, 4) is 0 Å². The Morgan fingerprint density at radius 1 is 1.40 bits per heavy atom. The minimum atomic E-state index is -0.766. The molecule has 20 heavy (non-hydrogen) atoms. The van der Waals surface area contributed by atoms with Gasteiger partial charge < -0.3 is 20.5 Å². The molecule has 110 valence electrons. The Hall–Kier alpha value is -1.73. The molecule has 2 rings (SSSR count). The minimum absolute atomic E-state index is 0.241. The van der Waals surface area contributed by atoms with Crippen molar-refractivity contribution in [3.63, 3.8) is 0 Å². The second kappa shape index (κ2) is 6.62. The van der Waals surface area contributed by atoms with Crippen molar-refractivity contribution in [3.05, 3.63) is 17.8 Å². The van der Waals surface area contributed by atoms with Crippen molar-refractivity contribution in [2.75, 3.05) is 31.6 Å². The molecule has 0 radical (unpaired) electrons. The Balaban J connectivity index is 1.89. The molecule has 2 heterocycles. The summed E-state index contributed by atoms with van der Waals surface area (Å²) in [4.78, 5) is 11.5. The van der Waals surface area contributed by atoms with Gasteiger partial charge in [-0.15, -0.1) is 10.2 Å². The largest absolute Gasteiger partial charge is 0.388 e. The Bertz CT molecular complexity index is 443. The molecule has 1 fully saturated rings. The molecular formula is C13H20N4O3. The number of hydrogen-bond acceptors (Lipinski definition) is 6. The molecule has 3 N–H and O–H groups in total. The van der Waals surface area contributed by atoms with E-state index >= 15 is 0 Å². The van der Waals surface area contributed by atoms with E-state index in [2.05, 4.69) is 20.8 Å². The summed E-state index contributed by atoms with van der Waals surface area (Å²) in [5, 5.41) is 23.8. The van der Waals surface area contributed by atoms with E-state index in [0.29, 0.717) is 45.0 Å². The van der Waals surface area contributed by atoms with E-state index in [1.54, 1.807) is 12.1 Å². The highest BCUT2D eigenvalue weighted by Crippen LogP contribution is 2.20. The fourth-order valence-electron chi connectivity index (χ4n) is 1.98. The SMILES string of the molecule is CCNC(=O)c1ccc(NCC2(O)CCOCC2)nn1.